The molecule has 2 fully saturated rings. The zero-order chi connectivity index (χ0) is 11.5. The second kappa shape index (κ2) is 5.17. The van der Waals surface area contributed by atoms with Gasteiger partial charge >= 0.3 is 0 Å². The lowest BCUT2D eigenvalue weighted by molar-refractivity contribution is -0.139. The van der Waals surface area contributed by atoms with E-state index >= 15 is 0 Å². The zero-order valence-corrected chi connectivity index (χ0v) is 10.3. The Bertz CT molecular complexity index is 252. The summed E-state index contributed by atoms with van der Waals surface area (Å²) in [7, 11) is 0. The van der Waals surface area contributed by atoms with Crippen molar-refractivity contribution in [2.75, 3.05) is 6.54 Å². The summed E-state index contributed by atoms with van der Waals surface area (Å²) < 4.78 is 0. The Kier molecular flexibility index (Phi) is 3.85. The molecule has 0 spiro atoms. The third kappa shape index (κ3) is 2.24. The topological polar surface area (TPSA) is 46.3 Å². The van der Waals surface area contributed by atoms with E-state index in [0.29, 0.717) is 6.04 Å². The summed E-state index contributed by atoms with van der Waals surface area (Å²) in [5.74, 6) is 0.953. The van der Waals surface area contributed by atoms with E-state index in [-0.39, 0.29) is 11.9 Å². The number of fused-ring (bicyclic) bond motifs is 1. The average Bonchev–Trinajstić information content (AvgIpc) is 2.36. The molecule has 3 atom stereocenters. The van der Waals surface area contributed by atoms with E-state index in [2.05, 4.69) is 4.90 Å². The molecule has 2 unspecified atom stereocenters. The van der Waals surface area contributed by atoms with Crippen LogP contribution < -0.4 is 5.73 Å². The van der Waals surface area contributed by atoms with Crippen LogP contribution in [-0.4, -0.2) is 29.4 Å². The van der Waals surface area contributed by atoms with E-state index in [0.717, 1.165) is 18.9 Å². The van der Waals surface area contributed by atoms with Crippen molar-refractivity contribution in [3.8, 4) is 0 Å². The molecule has 2 rings (SSSR count). The number of hydrogen-bond donors (Lipinski definition) is 1. The lowest BCUT2D eigenvalue weighted by Gasteiger charge is -2.44. The first-order chi connectivity index (χ1) is 7.74. The minimum absolute atomic E-state index is 0.194. The van der Waals surface area contributed by atoms with Crippen LogP contribution in [0.25, 0.3) is 0 Å². The molecule has 1 saturated carbocycles. The number of hydrogen-bond acceptors (Lipinski definition) is 2. The van der Waals surface area contributed by atoms with E-state index in [9.17, 15) is 4.79 Å². The van der Waals surface area contributed by atoms with Gasteiger partial charge in [-0.1, -0.05) is 19.8 Å². The number of nitrogens with two attached hydrogens (primary N) is 1. The number of amides is 1. The molecule has 0 aromatic rings. The van der Waals surface area contributed by atoms with E-state index in [1.807, 2.05) is 6.92 Å². The molecule has 1 aliphatic carbocycles. The van der Waals surface area contributed by atoms with Gasteiger partial charge in [0.2, 0.25) is 5.91 Å². The number of rotatable bonds is 2. The second-order valence-electron chi connectivity index (χ2n) is 5.30. The highest BCUT2D eigenvalue weighted by Crippen LogP contribution is 2.35. The Balaban J connectivity index is 2.04. The van der Waals surface area contributed by atoms with Gasteiger partial charge in [-0.25, -0.2) is 0 Å². The molecule has 1 heterocycles. The molecule has 2 N–H and O–H groups in total. The van der Waals surface area contributed by atoms with Crippen molar-refractivity contribution in [2.45, 2.75) is 64.0 Å². The predicted octanol–water partition coefficient (Wildman–Crippen LogP) is 1.90. The van der Waals surface area contributed by atoms with Crippen LogP contribution in [0.2, 0.25) is 0 Å². The quantitative estimate of drug-likeness (QED) is 0.778. The molecule has 16 heavy (non-hydrogen) atoms. The fraction of sp³-hybridized carbons (Fsp3) is 0.923. The first-order valence-corrected chi connectivity index (χ1v) is 6.80. The van der Waals surface area contributed by atoms with Gasteiger partial charge in [-0.2, -0.15) is 0 Å². The zero-order valence-electron chi connectivity index (χ0n) is 10.3. The van der Waals surface area contributed by atoms with Gasteiger partial charge in [0.05, 0.1) is 6.04 Å². The van der Waals surface area contributed by atoms with Crippen molar-refractivity contribution in [1.82, 2.24) is 4.90 Å². The lowest BCUT2D eigenvalue weighted by Crippen LogP contribution is -2.54. The van der Waals surface area contributed by atoms with Crippen molar-refractivity contribution >= 4 is 5.91 Å². The number of nitrogens with zero attached hydrogens (tertiary/aromatic N) is 1. The largest absolute Gasteiger partial charge is 0.338 e. The average molecular weight is 224 g/mol. The van der Waals surface area contributed by atoms with Crippen molar-refractivity contribution in [2.24, 2.45) is 11.7 Å². The minimum Gasteiger partial charge on any atom is -0.338 e. The smallest absolute Gasteiger partial charge is 0.239 e. The number of carbonyl (C=O) groups excluding carboxylic acids is 1. The highest BCUT2D eigenvalue weighted by molar-refractivity contribution is 5.82. The number of piperidine rings is 1. The van der Waals surface area contributed by atoms with Crippen molar-refractivity contribution in [1.29, 1.82) is 0 Å². The maximum Gasteiger partial charge on any atom is 0.239 e. The van der Waals surface area contributed by atoms with Crippen LogP contribution in [0, 0.1) is 5.92 Å². The molecule has 2 aliphatic rings. The standard InChI is InChI=1S/C13H24N2O/c1-2-11(14)13(16)15-9-5-7-10-6-3-4-8-12(10)15/h10-12H,2-9,14H2,1H3/t10?,11-,12?/m1/s1. The van der Waals surface area contributed by atoms with Crippen molar-refractivity contribution < 1.29 is 4.79 Å². The Labute approximate surface area is 98.4 Å². The third-order valence-corrected chi connectivity index (χ3v) is 4.28. The van der Waals surface area contributed by atoms with Gasteiger partial charge in [-0.05, 0) is 38.0 Å². The molecule has 3 nitrogen and oxygen atoms in total. The molecule has 1 aliphatic heterocycles. The van der Waals surface area contributed by atoms with Gasteiger partial charge in [0.15, 0.2) is 0 Å². The summed E-state index contributed by atoms with van der Waals surface area (Å²) in [5.41, 5.74) is 5.88. The molecule has 0 bridgehead atoms. The molecule has 1 saturated heterocycles. The van der Waals surface area contributed by atoms with Crippen molar-refractivity contribution in [3.05, 3.63) is 0 Å². The van der Waals surface area contributed by atoms with E-state index in [1.54, 1.807) is 0 Å². The Hall–Kier alpha value is -0.570. The molecular formula is C13H24N2O. The van der Waals surface area contributed by atoms with Crippen LogP contribution in [0.3, 0.4) is 0 Å². The molecule has 0 radical (unpaired) electrons. The SMILES string of the molecule is CC[C@@H](N)C(=O)N1CCCC2CCCCC21. The summed E-state index contributed by atoms with van der Waals surface area (Å²) in [6.07, 6.45) is 8.39. The van der Waals surface area contributed by atoms with Crippen LogP contribution in [0.5, 0.6) is 0 Å². The normalized spacial score (nSPS) is 32.0. The molecular weight excluding hydrogens is 200 g/mol. The van der Waals surface area contributed by atoms with Crippen molar-refractivity contribution in [3.63, 3.8) is 0 Å². The first-order valence-electron chi connectivity index (χ1n) is 6.80. The fourth-order valence-corrected chi connectivity index (χ4v) is 3.29. The van der Waals surface area contributed by atoms with Crippen LogP contribution in [0.4, 0.5) is 0 Å². The van der Waals surface area contributed by atoms with E-state index in [4.69, 9.17) is 5.73 Å². The number of carbonyl (C=O) groups is 1. The van der Waals surface area contributed by atoms with E-state index < -0.39 is 0 Å². The Morgan fingerprint density at radius 3 is 2.75 bits per heavy atom. The van der Waals surface area contributed by atoms with Gasteiger partial charge in [-0.3, -0.25) is 4.79 Å². The summed E-state index contributed by atoms with van der Waals surface area (Å²) in [4.78, 5) is 14.3. The fourth-order valence-electron chi connectivity index (χ4n) is 3.29. The minimum atomic E-state index is -0.277. The summed E-state index contributed by atoms with van der Waals surface area (Å²) in [6.45, 7) is 2.93. The van der Waals surface area contributed by atoms with E-state index in [1.165, 1.54) is 38.5 Å². The van der Waals surface area contributed by atoms with Crippen LogP contribution >= 0.6 is 0 Å². The Morgan fingerprint density at radius 2 is 2.00 bits per heavy atom. The maximum absolute atomic E-state index is 12.2. The maximum atomic E-state index is 12.2. The van der Waals surface area contributed by atoms with Gasteiger partial charge < -0.3 is 10.6 Å². The van der Waals surface area contributed by atoms with Crippen LogP contribution in [0.15, 0.2) is 0 Å². The van der Waals surface area contributed by atoms with Gasteiger partial charge in [0.25, 0.3) is 0 Å². The molecule has 92 valence electrons. The second-order valence-corrected chi connectivity index (χ2v) is 5.30. The highest BCUT2D eigenvalue weighted by atomic mass is 16.2. The molecule has 3 heteroatoms. The molecule has 1 amide bonds. The summed E-state index contributed by atoms with van der Waals surface area (Å²) >= 11 is 0. The highest BCUT2D eigenvalue weighted by Gasteiger charge is 2.36. The molecule has 0 aromatic carbocycles. The van der Waals surface area contributed by atoms with Crippen LogP contribution in [-0.2, 0) is 4.79 Å². The third-order valence-electron chi connectivity index (χ3n) is 4.28. The predicted molar refractivity (Wildman–Crippen MR) is 65.0 cm³/mol. The first kappa shape index (κ1) is 11.9. The van der Waals surface area contributed by atoms with Gasteiger partial charge in [0.1, 0.15) is 0 Å². The van der Waals surface area contributed by atoms with Crippen LogP contribution in [0.1, 0.15) is 51.9 Å². The van der Waals surface area contributed by atoms with Gasteiger partial charge in [-0.15, -0.1) is 0 Å². The monoisotopic (exact) mass is 224 g/mol. The molecule has 0 aromatic heterocycles. The number of likely N-dealkylation sites (tertiary alicyclic amines) is 1. The summed E-state index contributed by atoms with van der Waals surface area (Å²) in [5, 5.41) is 0. The van der Waals surface area contributed by atoms with Gasteiger partial charge in [0, 0.05) is 12.6 Å². The lowest BCUT2D eigenvalue weighted by atomic mass is 9.78. The summed E-state index contributed by atoms with van der Waals surface area (Å²) in [6, 6.07) is 0.230. The Morgan fingerprint density at radius 1 is 1.31 bits per heavy atom.